The molecule has 1 saturated carbocycles. The van der Waals surface area contributed by atoms with E-state index in [9.17, 15) is 0 Å². The molecule has 2 unspecified atom stereocenters. The summed E-state index contributed by atoms with van der Waals surface area (Å²) in [4.78, 5) is 7.26. The van der Waals surface area contributed by atoms with E-state index in [-0.39, 0.29) is 6.04 Å². The molecule has 1 aliphatic carbocycles. The van der Waals surface area contributed by atoms with Crippen molar-refractivity contribution in [3.05, 3.63) is 30.1 Å². The maximum atomic E-state index is 4.77. The normalized spacial score (nSPS) is 18.3. The van der Waals surface area contributed by atoms with Gasteiger partial charge in [-0.15, -0.1) is 0 Å². The van der Waals surface area contributed by atoms with Gasteiger partial charge in [0.1, 0.15) is 5.82 Å². The molecule has 0 amide bonds. The third-order valence-electron chi connectivity index (χ3n) is 4.75. The van der Waals surface area contributed by atoms with Gasteiger partial charge in [0.2, 0.25) is 0 Å². The first-order valence-electron chi connectivity index (χ1n) is 7.94. The predicted octanol–water partition coefficient (Wildman–Crippen LogP) is 2.71. The Hall–Kier alpha value is -1.39. The van der Waals surface area contributed by atoms with Gasteiger partial charge in [0.15, 0.2) is 0 Å². The number of benzene rings is 1. The molecule has 1 aromatic carbocycles. The molecular weight excluding hydrogens is 260 g/mol. The van der Waals surface area contributed by atoms with E-state index in [4.69, 9.17) is 4.98 Å². The lowest BCUT2D eigenvalue weighted by Gasteiger charge is -2.26. The number of hydrogen-bond donors (Lipinski definition) is 1. The monoisotopic (exact) mass is 286 g/mol. The highest BCUT2D eigenvalue weighted by Crippen LogP contribution is 2.27. The SMILES string of the molecule is CC(NCC(C)N(C)C1CC1)c1nc2ccccc2n1C. The summed E-state index contributed by atoms with van der Waals surface area (Å²) in [6, 6.07) is 9.96. The number of nitrogens with zero attached hydrogens (tertiary/aromatic N) is 3. The summed E-state index contributed by atoms with van der Waals surface area (Å²) in [7, 11) is 4.34. The van der Waals surface area contributed by atoms with Gasteiger partial charge in [-0.05, 0) is 45.9 Å². The lowest BCUT2D eigenvalue weighted by molar-refractivity contribution is 0.236. The van der Waals surface area contributed by atoms with Gasteiger partial charge >= 0.3 is 0 Å². The molecule has 1 aliphatic rings. The Bertz CT molecular complexity index is 614. The minimum absolute atomic E-state index is 0.262. The summed E-state index contributed by atoms with van der Waals surface area (Å²) in [5.74, 6) is 1.11. The van der Waals surface area contributed by atoms with Gasteiger partial charge in [-0.2, -0.15) is 0 Å². The minimum Gasteiger partial charge on any atom is -0.330 e. The van der Waals surface area contributed by atoms with Crippen LogP contribution in [0.3, 0.4) is 0 Å². The molecule has 114 valence electrons. The maximum Gasteiger partial charge on any atom is 0.126 e. The van der Waals surface area contributed by atoms with Crippen molar-refractivity contribution < 1.29 is 0 Å². The number of fused-ring (bicyclic) bond motifs is 1. The van der Waals surface area contributed by atoms with Crippen LogP contribution in [0, 0.1) is 0 Å². The third-order valence-corrected chi connectivity index (χ3v) is 4.75. The fraction of sp³-hybridized carbons (Fsp3) is 0.588. The van der Waals surface area contributed by atoms with E-state index in [0.717, 1.165) is 23.9 Å². The summed E-state index contributed by atoms with van der Waals surface area (Å²) in [5, 5.41) is 3.64. The molecule has 2 atom stereocenters. The second kappa shape index (κ2) is 5.78. The fourth-order valence-electron chi connectivity index (χ4n) is 2.98. The summed E-state index contributed by atoms with van der Waals surface area (Å²) < 4.78 is 2.20. The zero-order valence-electron chi connectivity index (χ0n) is 13.5. The van der Waals surface area contributed by atoms with Crippen molar-refractivity contribution in [3.8, 4) is 0 Å². The molecule has 4 heteroatoms. The molecule has 3 rings (SSSR count). The van der Waals surface area contributed by atoms with Crippen molar-refractivity contribution in [3.63, 3.8) is 0 Å². The first-order valence-corrected chi connectivity index (χ1v) is 7.94. The van der Waals surface area contributed by atoms with Crippen LogP contribution < -0.4 is 5.32 Å². The number of nitrogens with one attached hydrogen (secondary N) is 1. The van der Waals surface area contributed by atoms with Crippen molar-refractivity contribution in [2.75, 3.05) is 13.6 Å². The van der Waals surface area contributed by atoms with Crippen molar-refractivity contribution >= 4 is 11.0 Å². The Morgan fingerprint density at radius 3 is 2.71 bits per heavy atom. The van der Waals surface area contributed by atoms with E-state index in [1.54, 1.807) is 0 Å². The number of hydrogen-bond acceptors (Lipinski definition) is 3. The van der Waals surface area contributed by atoms with Crippen LogP contribution >= 0.6 is 0 Å². The van der Waals surface area contributed by atoms with Gasteiger partial charge < -0.3 is 9.88 Å². The number of aryl methyl sites for hydroxylation is 1. The van der Waals surface area contributed by atoms with Crippen LogP contribution in [0.4, 0.5) is 0 Å². The van der Waals surface area contributed by atoms with Crippen LogP contribution in [0.15, 0.2) is 24.3 Å². The Morgan fingerprint density at radius 1 is 1.33 bits per heavy atom. The van der Waals surface area contributed by atoms with E-state index >= 15 is 0 Å². The van der Waals surface area contributed by atoms with Crippen molar-refractivity contribution in [2.45, 2.75) is 44.8 Å². The van der Waals surface area contributed by atoms with Crippen molar-refractivity contribution in [1.29, 1.82) is 0 Å². The van der Waals surface area contributed by atoms with Crippen molar-refractivity contribution in [1.82, 2.24) is 19.8 Å². The van der Waals surface area contributed by atoms with E-state index in [1.165, 1.54) is 18.4 Å². The van der Waals surface area contributed by atoms with E-state index < -0.39 is 0 Å². The lowest BCUT2D eigenvalue weighted by Crippen LogP contribution is -2.40. The topological polar surface area (TPSA) is 33.1 Å². The van der Waals surface area contributed by atoms with E-state index in [0.29, 0.717) is 6.04 Å². The summed E-state index contributed by atoms with van der Waals surface area (Å²) in [5.41, 5.74) is 2.27. The van der Waals surface area contributed by atoms with Gasteiger partial charge in [-0.3, -0.25) is 4.90 Å². The number of likely N-dealkylation sites (N-methyl/N-ethyl adjacent to an activating group) is 1. The van der Waals surface area contributed by atoms with Gasteiger partial charge in [0, 0.05) is 25.7 Å². The predicted molar refractivity (Wildman–Crippen MR) is 87.4 cm³/mol. The number of aromatic nitrogens is 2. The van der Waals surface area contributed by atoms with Crippen LogP contribution in [-0.4, -0.2) is 40.1 Å². The maximum absolute atomic E-state index is 4.77. The van der Waals surface area contributed by atoms with Crippen LogP contribution in [-0.2, 0) is 7.05 Å². The first-order chi connectivity index (χ1) is 10.1. The molecule has 0 radical (unpaired) electrons. The summed E-state index contributed by atoms with van der Waals surface area (Å²) in [6.45, 7) is 5.50. The Labute approximate surface area is 127 Å². The molecule has 1 N–H and O–H groups in total. The van der Waals surface area contributed by atoms with Gasteiger partial charge in [-0.25, -0.2) is 4.98 Å². The molecular formula is C17H26N4. The molecule has 4 nitrogen and oxygen atoms in total. The molecule has 0 saturated heterocycles. The average molecular weight is 286 g/mol. The highest BCUT2D eigenvalue weighted by Gasteiger charge is 2.29. The van der Waals surface area contributed by atoms with Gasteiger partial charge in [0.05, 0.1) is 17.1 Å². The molecule has 0 spiro atoms. The van der Waals surface area contributed by atoms with E-state index in [2.05, 4.69) is 60.9 Å². The molecule has 21 heavy (non-hydrogen) atoms. The zero-order valence-corrected chi connectivity index (χ0v) is 13.5. The number of rotatable bonds is 6. The molecule has 0 bridgehead atoms. The second-order valence-electron chi connectivity index (χ2n) is 6.39. The summed E-state index contributed by atoms with van der Waals surface area (Å²) in [6.07, 6.45) is 2.72. The number of imidazole rings is 1. The average Bonchev–Trinajstić information content (AvgIpc) is 3.29. The van der Waals surface area contributed by atoms with Crippen LogP contribution in [0.2, 0.25) is 0 Å². The molecule has 2 aromatic rings. The highest BCUT2D eigenvalue weighted by molar-refractivity contribution is 5.75. The second-order valence-corrected chi connectivity index (χ2v) is 6.39. The Morgan fingerprint density at radius 2 is 2.05 bits per heavy atom. The lowest BCUT2D eigenvalue weighted by atomic mass is 10.2. The quantitative estimate of drug-likeness (QED) is 0.886. The van der Waals surface area contributed by atoms with Gasteiger partial charge in [-0.1, -0.05) is 12.1 Å². The first kappa shape index (κ1) is 14.5. The third kappa shape index (κ3) is 2.97. The van der Waals surface area contributed by atoms with Crippen LogP contribution in [0.5, 0.6) is 0 Å². The Balaban J connectivity index is 1.66. The zero-order chi connectivity index (χ0) is 15.0. The standard InChI is InChI=1S/C17H26N4/c1-12(20(3)14-9-10-14)11-18-13(2)17-19-15-7-5-6-8-16(15)21(17)4/h5-8,12-14,18H,9-11H2,1-4H3. The molecule has 1 aromatic heterocycles. The van der Waals surface area contributed by atoms with Crippen LogP contribution in [0.1, 0.15) is 38.6 Å². The molecule has 1 heterocycles. The minimum atomic E-state index is 0.262. The Kier molecular flexibility index (Phi) is 4.00. The smallest absolute Gasteiger partial charge is 0.126 e. The summed E-state index contributed by atoms with van der Waals surface area (Å²) >= 11 is 0. The largest absolute Gasteiger partial charge is 0.330 e. The number of para-hydroxylation sites is 2. The molecule has 1 fully saturated rings. The fourth-order valence-corrected chi connectivity index (χ4v) is 2.98. The van der Waals surface area contributed by atoms with Crippen molar-refractivity contribution in [2.24, 2.45) is 7.05 Å². The van der Waals surface area contributed by atoms with Crippen LogP contribution in [0.25, 0.3) is 11.0 Å². The molecule has 0 aliphatic heterocycles. The highest BCUT2D eigenvalue weighted by atomic mass is 15.2. The van der Waals surface area contributed by atoms with E-state index in [1.807, 2.05) is 6.07 Å². The van der Waals surface area contributed by atoms with Gasteiger partial charge in [0.25, 0.3) is 0 Å².